The molecule has 0 saturated heterocycles. The second kappa shape index (κ2) is 7.69. The van der Waals surface area contributed by atoms with E-state index in [0.29, 0.717) is 36.1 Å². The van der Waals surface area contributed by atoms with Crippen LogP contribution in [0.15, 0.2) is 23.0 Å². The molecular formula is C17H20N4O4. The monoisotopic (exact) mass is 344 g/mol. The van der Waals surface area contributed by atoms with Gasteiger partial charge >= 0.3 is 0 Å². The largest absolute Gasteiger partial charge is 0.322 e. The molecule has 8 nitrogen and oxygen atoms in total. The van der Waals surface area contributed by atoms with E-state index >= 15 is 0 Å². The van der Waals surface area contributed by atoms with E-state index in [-0.39, 0.29) is 16.9 Å². The van der Waals surface area contributed by atoms with Crippen LogP contribution in [-0.4, -0.2) is 21.0 Å². The summed E-state index contributed by atoms with van der Waals surface area (Å²) in [7, 11) is 0. The number of anilines is 1. The summed E-state index contributed by atoms with van der Waals surface area (Å²) in [4.78, 5) is 35.3. The van der Waals surface area contributed by atoms with Crippen molar-refractivity contribution >= 4 is 17.3 Å². The molecule has 0 unspecified atom stereocenters. The van der Waals surface area contributed by atoms with E-state index in [9.17, 15) is 19.7 Å². The molecule has 25 heavy (non-hydrogen) atoms. The van der Waals surface area contributed by atoms with Crippen LogP contribution in [0.5, 0.6) is 0 Å². The molecule has 1 aromatic carbocycles. The van der Waals surface area contributed by atoms with Crippen molar-refractivity contribution in [1.29, 1.82) is 0 Å². The molecule has 0 aliphatic rings. The van der Waals surface area contributed by atoms with E-state index in [1.165, 1.54) is 6.07 Å². The highest BCUT2D eigenvalue weighted by Crippen LogP contribution is 2.24. The standard InChI is InChI=1S/C17H20N4O4/c1-4-10-7-8-11(9-14(10)21(24)25)18-16(22)15-12(5-2)13(6-3)19-20-17(15)23/h7-9H,4-6H2,1-3H3,(H,18,22)(H,20,23). The lowest BCUT2D eigenvalue weighted by Crippen LogP contribution is -2.27. The molecule has 0 atom stereocenters. The van der Waals surface area contributed by atoms with E-state index in [2.05, 4.69) is 15.5 Å². The van der Waals surface area contributed by atoms with Crippen LogP contribution in [0.2, 0.25) is 0 Å². The molecule has 0 saturated carbocycles. The highest BCUT2D eigenvalue weighted by Gasteiger charge is 2.20. The third-order valence-electron chi connectivity index (χ3n) is 4.01. The van der Waals surface area contributed by atoms with Crippen molar-refractivity contribution in [1.82, 2.24) is 10.2 Å². The van der Waals surface area contributed by atoms with Gasteiger partial charge in [-0.15, -0.1) is 0 Å². The zero-order valence-corrected chi connectivity index (χ0v) is 14.4. The first-order valence-electron chi connectivity index (χ1n) is 8.11. The van der Waals surface area contributed by atoms with Gasteiger partial charge in [0, 0.05) is 17.3 Å². The topological polar surface area (TPSA) is 118 Å². The summed E-state index contributed by atoms with van der Waals surface area (Å²) in [5.41, 5.74) is 1.44. The Kier molecular flexibility index (Phi) is 5.63. The summed E-state index contributed by atoms with van der Waals surface area (Å²) in [6.45, 7) is 5.54. The first-order chi connectivity index (χ1) is 11.9. The average molecular weight is 344 g/mol. The maximum atomic E-state index is 12.6. The first kappa shape index (κ1) is 18.3. The van der Waals surface area contributed by atoms with Gasteiger partial charge in [-0.1, -0.05) is 26.8 Å². The minimum absolute atomic E-state index is 0.00317. The molecule has 2 aromatic rings. The van der Waals surface area contributed by atoms with Crippen LogP contribution < -0.4 is 10.9 Å². The van der Waals surface area contributed by atoms with Crippen molar-refractivity contribution in [3.63, 3.8) is 0 Å². The predicted octanol–water partition coefficient (Wildman–Crippen LogP) is 2.62. The zero-order chi connectivity index (χ0) is 18.6. The number of carbonyl (C=O) groups is 1. The fraction of sp³-hybridized carbons (Fsp3) is 0.353. The molecule has 1 heterocycles. The number of nitrogens with one attached hydrogen (secondary N) is 2. The Morgan fingerprint density at radius 1 is 1.24 bits per heavy atom. The molecule has 0 spiro atoms. The number of amides is 1. The zero-order valence-electron chi connectivity index (χ0n) is 14.4. The number of nitro groups is 1. The molecule has 0 aliphatic heterocycles. The third kappa shape index (κ3) is 3.73. The van der Waals surface area contributed by atoms with E-state index in [1.807, 2.05) is 20.8 Å². The second-order valence-electron chi connectivity index (χ2n) is 5.47. The SMILES string of the molecule is CCc1ccc(NC(=O)c2c(CC)c(CC)n[nH]c2=O)cc1[N+](=O)[O-]. The number of nitro benzene ring substituents is 1. The minimum Gasteiger partial charge on any atom is -0.322 e. The van der Waals surface area contributed by atoms with Crippen molar-refractivity contribution < 1.29 is 9.72 Å². The van der Waals surface area contributed by atoms with Gasteiger partial charge in [0.1, 0.15) is 5.56 Å². The van der Waals surface area contributed by atoms with Crippen molar-refractivity contribution in [3.8, 4) is 0 Å². The molecule has 1 aromatic heterocycles. The van der Waals surface area contributed by atoms with E-state index in [1.54, 1.807) is 12.1 Å². The van der Waals surface area contributed by atoms with Gasteiger partial charge in [-0.05, 0) is 30.9 Å². The lowest BCUT2D eigenvalue weighted by Gasteiger charge is -2.11. The lowest BCUT2D eigenvalue weighted by atomic mass is 10.0. The smallest absolute Gasteiger partial charge is 0.277 e. The number of hydrogen-bond acceptors (Lipinski definition) is 5. The normalized spacial score (nSPS) is 10.5. The molecule has 0 radical (unpaired) electrons. The van der Waals surface area contributed by atoms with Crippen LogP contribution in [-0.2, 0) is 19.3 Å². The summed E-state index contributed by atoms with van der Waals surface area (Å²) >= 11 is 0. The fourth-order valence-electron chi connectivity index (χ4n) is 2.74. The van der Waals surface area contributed by atoms with E-state index in [4.69, 9.17) is 0 Å². The molecule has 0 bridgehead atoms. The molecule has 2 rings (SSSR count). The first-order valence-corrected chi connectivity index (χ1v) is 8.11. The molecular weight excluding hydrogens is 324 g/mol. The summed E-state index contributed by atoms with van der Waals surface area (Å²) in [5, 5.41) is 20.0. The van der Waals surface area contributed by atoms with Gasteiger partial charge < -0.3 is 5.32 Å². The Balaban J connectivity index is 2.43. The highest BCUT2D eigenvalue weighted by molar-refractivity contribution is 6.05. The van der Waals surface area contributed by atoms with Crippen molar-refractivity contribution in [2.45, 2.75) is 40.0 Å². The summed E-state index contributed by atoms with van der Waals surface area (Å²) in [6.07, 6.45) is 1.57. The number of benzene rings is 1. The van der Waals surface area contributed by atoms with Gasteiger partial charge in [-0.2, -0.15) is 5.10 Å². The Bertz CT molecular complexity index is 873. The van der Waals surface area contributed by atoms with E-state index < -0.39 is 16.4 Å². The van der Waals surface area contributed by atoms with Crippen LogP contribution in [0.1, 0.15) is 48.0 Å². The van der Waals surface area contributed by atoms with Gasteiger partial charge in [0.25, 0.3) is 17.2 Å². The number of hydrogen-bond donors (Lipinski definition) is 2. The van der Waals surface area contributed by atoms with Crippen LogP contribution in [0.4, 0.5) is 11.4 Å². The Morgan fingerprint density at radius 3 is 2.52 bits per heavy atom. The third-order valence-corrected chi connectivity index (χ3v) is 4.01. The number of aromatic amines is 1. The summed E-state index contributed by atoms with van der Waals surface area (Å²) < 4.78 is 0. The molecule has 132 valence electrons. The Morgan fingerprint density at radius 2 is 1.96 bits per heavy atom. The fourth-order valence-corrected chi connectivity index (χ4v) is 2.74. The van der Waals surface area contributed by atoms with Crippen LogP contribution >= 0.6 is 0 Å². The Labute approximate surface area is 144 Å². The number of nitrogens with zero attached hydrogens (tertiary/aromatic N) is 2. The molecule has 0 fully saturated rings. The molecule has 1 amide bonds. The quantitative estimate of drug-likeness (QED) is 0.617. The van der Waals surface area contributed by atoms with Gasteiger partial charge in [-0.3, -0.25) is 19.7 Å². The van der Waals surface area contributed by atoms with Crippen molar-refractivity contribution in [3.05, 3.63) is 61.1 Å². The molecule has 8 heteroatoms. The van der Waals surface area contributed by atoms with Gasteiger partial charge in [-0.25, -0.2) is 5.10 Å². The van der Waals surface area contributed by atoms with Gasteiger partial charge in [0.05, 0.1) is 10.6 Å². The molecule has 2 N–H and O–H groups in total. The predicted molar refractivity (Wildman–Crippen MR) is 94.0 cm³/mol. The summed E-state index contributed by atoms with van der Waals surface area (Å²) in [6, 6.07) is 4.49. The summed E-state index contributed by atoms with van der Waals surface area (Å²) in [5.74, 6) is -0.603. The van der Waals surface area contributed by atoms with Crippen molar-refractivity contribution in [2.24, 2.45) is 0 Å². The lowest BCUT2D eigenvalue weighted by molar-refractivity contribution is -0.385. The number of carbonyl (C=O) groups excluding carboxylic acids is 1. The molecule has 0 aliphatic carbocycles. The highest BCUT2D eigenvalue weighted by atomic mass is 16.6. The average Bonchev–Trinajstić information content (AvgIpc) is 2.60. The minimum atomic E-state index is -0.603. The number of aromatic nitrogens is 2. The van der Waals surface area contributed by atoms with Crippen LogP contribution in [0, 0.1) is 10.1 Å². The van der Waals surface area contributed by atoms with E-state index in [0.717, 1.165) is 0 Å². The van der Waals surface area contributed by atoms with Gasteiger partial charge in [0.2, 0.25) is 0 Å². The second-order valence-corrected chi connectivity index (χ2v) is 5.47. The van der Waals surface area contributed by atoms with Crippen LogP contribution in [0.25, 0.3) is 0 Å². The van der Waals surface area contributed by atoms with Gasteiger partial charge in [0.15, 0.2) is 0 Å². The maximum Gasteiger partial charge on any atom is 0.277 e. The maximum absolute atomic E-state index is 12.6. The van der Waals surface area contributed by atoms with Crippen molar-refractivity contribution in [2.75, 3.05) is 5.32 Å². The van der Waals surface area contributed by atoms with Crippen LogP contribution in [0.3, 0.4) is 0 Å². The number of aryl methyl sites for hydroxylation is 2. The number of rotatable bonds is 6. The number of H-pyrrole nitrogens is 1. The Hall–Kier alpha value is -3.03.